The Hall–Kier alpha value is -2.71. The third-order valence-corrected chi connectivity index (χ3v) is 4.35. The van der Waals surface area contributed by atoms with Gasteiger partial charge in [0.15, 0.2) is 0 Å². The van der Waals surface area contributed by atoms with Crippen LogP contribution in [0.1, 0.15) is 21.7 Å². The maximum atomic E-state index is 12.2. The van der Waals surface area contributed by atoms with Crippen LogP contribution in [0, 0.1) is 0 Å². The molecule has 1 aromatic heterocycles. The van der Waals surface area contributed by atoms with E-state index in [1.165, 1.54) is 18.2 Å². The molecule has 0 aliphatic carbocycles. The Kier molecular flexibility index (Phi) is 4.80. The molecule has 26 heavy (non-hydrogen) atoms. The van der Waals surface area contributed by atoms with Crippen LogP contribution >= 0.6 is 11.6 Å². The molecule has 0 aliphatic rings. The number of hydrogen-bond acceptors (Lipinski definition) is 5. The fourth-order valence-corrected chi connectivity index (χ4v) is 3.15. The Bertz CT molecular complexity index is 1170. The number of benzene rings is 2. The summed E-state index contributed by atoms with van der Waals surface area (Å²) in [4.78, 5) is 31.3. The number of aromatic nitrogens is 2. The second-order valence-electron chi connectivity index (χ2n) is 5.75. The number of fused-ring (bicyclic) bond motifs is 1. The number of amides is 1. The maximum absolute atomic E-state index is 12.2. The van der Waals surface area contributed by atoms with Crippen molar-refractivity contribution in [3.8, 4) is 0 Å². The van der Waals surface area contributed by atoms with E-state index in [-0.39, 0.29) is 11.1 Å². The number of sulfonamides is 1. The molecular weight excluding hydrogens is 378 g/mol. The molecular formula is C17H14ClN3O4S. The van der Waals surface area contributed by atoms with Gasteiger partial charge in [0.25, 0.3) is 11.5 Å². The summed E-state index contributed by atoms with van der Waals surface area (Å²) in [5, 5.41) is 0.876. The minimum atomic E-state index is -3.69. The molecule has 0 aliphatic heterocycles. The standard InChI is InChI=1S/C17H14ClN3O4S/c1-26(24,25)21-16(22)11-5-6-13-14(9-11)19-15(20-17(13)23)8-10-3-2-4-12(18)7-10/h2-7,9H,8H2,1H3,(H,21,22)(H,19,20,23). The summed E-state index contributed by atoms with van der Waals surface area (Å²) in [5.74, 6) is -0.377. The van der Waals surface area contributed by atoms with Crippen molar-refractivity contribution in [2.45, 2.75) is 6.42 Å². The predicted molar refractivity (Wildman–Crippen MR) is 98.9 cm³/mol. The van der Waals surface area contributed by atoms with Crippen molar-refractivity contribution < 1.29 is 13.2 Å². The molecule has 2 aromatic carbocycles. The van der Waals surface area contributed by atoms with Gasteiger partial charge in [-0.1, -0.05) is 23.7 Å². The van der Waals surface area contributed by atoms with Crippen molar-refractivity contribution in [3.63, 3.8) is 0 Å². The molecule has 0 fully saturated rings. The summed E-state index contributed by atoms with van der Waals surface area (Å²) in [5.41, 5.74) is 0.912. The Morgan fingerprint density at radius 2 is 2.00 bits per heavy atom. The lowest BCUT2D eigenvalue weighted by molar-refractivity contribution is 0.0982. The van der Waals surface area contributed by atoms with Gasteiger partial charge < -0.3 is 4.98 Å². The van der Waals surface area contributed by atoms with Gasteiger partial charge >= 0.3 is 0 Å². The summed E-state index contributed by atoms with van der Waals surface area (Å²) in [7, 11) is -3.69. The zero-order valence-corrected chi connectivity index (χ0v) is 15.2. The number of aromatic amines is 1. The van der Waals surface area contributed by atoms with Gasteiger partial charge in [0.2, 0.25) is 10.0 Å². The first-order chi connectivity index (χ1) is 12.2. The number of carbonyl (C=O) groups excluding carboxylic acids is 1. The highest BCUT2D eigenvalue weighted by Gasteiger charge is 2.13. The van der Waals surface area contributed by atoms with Gasteiger partial charge in [-0.3, -0.25) is 9.59 Å². The Morgan fingerprint density at radius 1 is 1.23 bits per heavy atom. The van der Waals surface area contributed by atoms with Gasteiger partial charge in [0, 0.05) is 17.0 Å². The van der Waals surface area contributed by atoms with E-state index in [0.717, 1.165) is 11.8 Å². The Balaban J connectivity index is 2.00. The number of rotatable bonds is 4. The molecule has 0 unspecified atom stereocenters. The molecule has 1 amide bonds. The van der Waals surface area contributed by atoms with Gasteiger partial charge in [-0.2, -0.15) is 0 Å². The summed E-state index contributed by atoms with van der Waals surface area (Å²) in [6.45, 7) is 0. The lowest BCUT2D eigenvalue weighted by Crippen LogP contribution is -2.29. The van der Waals surface area contributed by atoms with Crippen LogP contribution in [0.3, 0.4) is 0 Å². The van der Waals surface area contributed by atoms with E-state index in [4.69, 9.17) is 11.6 Å². The van der Waals surface area contributed by atoms with Crippen molar-refractivity contribution >= 4 is 38.4 Å². The molecule has 0 spiro atoms. The highest BCUT2D eigenvalue weighted by molar-refractivity contribution is 7.89. The maximum Gasteiger partial charge on any atom is 0.264 e. The van der Waals surface area contributed by atoms with Crippen LogP contribution in [0.4, 0.5) is 0 Å². The lowest BCUT2D eigenvalue weighted by Gasteiger charge is -2.06. The lowest BCUT2D eigenvalue weighted by atomic mass is 10.1. The molecule has 134 valence electrons. The van der Waals surface area contributed by atoms with Crippen LogP contribution in [0.2, 0.25) is 5.02 Å². The molecule has 0 saturated carbocycles. The molecule has 1 heterocycles. The van der Waals surface area contributed by atoms with E-state index in [1.54, 1.807) is 18.2 Å². The number of hydrogen-bond donors (Lipinski definition) is 2. The van der Waals surface area contributed by atoms with Crippen LogP contribution in [0.5, 0.6) is 0 Å². The fraction of sp³-hybridized carbons (Fsp3) is 0.118. The van der Waals surface area contributed by atoms with Crippen LogP contribution in [0.25, 0.3) is 10.9 Å². The highest BCUT2D eigenvalue weighted by Crippen LogP contribution is 2.15. The molecule has 9 heteroatoms. The normalized spacial score (nSPS) is 11.5. The molecule has 0 bridgehead atoms. The SMILES string of the molecule is CS(=O)(=O)NC(=O)c1ccc2c(=O)[nH]c(Cc3cccc(Cl)c3)nc2c1. The Labute approximate surface area is 154 Å². The monoisotopic (exact) mass is 391 g/mol. The van der Waals surface area contributed by atoms with E-state index in [9.17, 15) is 18.0 Å². The largest absolute Gasteiger partial charge is 0.310 e. The summed E-state index contributed by atoms with van der Waals surface area (Å²) in [6.07, 6.45) is 1.24. The van der Waals surface area contributed by atoms with E-state index in [2.05, 4.69) is 9.97 Å². The number of nitrogens with one attached hydrogen (secondary N) is 2. The highest BCUT2D eigenvalue weighted by atomic mass is 35.5. The minimum absolute atomic E-state index is 0.0923. The number of carbonyl (C=O) groups is 1. The van der Waals surface area contributed by atoms with Crippen LogP contribution in [0.15, 0.2) is 47.3 Å². The third kappa shape index (κ3) is 4.27. The van der Waals surface area contributed by atoms with Crippen LogP contribution < -0.4 is 10.3 Å². The second kappa shape index (κ2) is 6.89. The number of halogens is 1. The molecule has 0 radical (unpaired) electrons. The van der Waals surface area contributed by atoms with E-state index >= 15 is 0 Å². The van der Waals surface area contributed by atoms with Crippen LogP contribution in [-0.4, -0.2) is 30.5 Å². The van der Waals surface area contributed by atoms with Crippen molar-refractivity contribution in [2.75, 3.05) is 6.26 Å². The summed E-state index contributed by atoms with van der Waals surface area (Å²) >= 11 is 5.96. The topological polar surface area (TPSA) is 109 Å². The Morgan fingerprint density at radius 3 is 2.69 bits per heavy atom. The quantitative estimate of drug-likeness (QED) is 0.705. The van der Waals surface area contributed by atoms with Crippen LogP contribution in [-0.2, 0) is 16.4 Å². The van der Waals surface area contributed by atoms with E-state index in [1.807, 2.05) is 10.8 Å². The minimum Gasteiger partial charge on any atom is -0.310 e. The van der Waals surface area contributed by atoms with Gasteiger partial charge in [-0.15, -0.1) is 0 Å². The first-order valence-corrected chi connectivity index (χ1v) is 9.78. The number of nitrogens with zero attached hydrogens (tertiary/aromatic N) is 1. The van der Waals surface area contributed by atoms with Gasteiger partial charge in [0.05, 0.1) is 17.2 Å². The zero-order valence-electron chi connectivity index (χ0n) is 13.6. The fourth-order valence-electron chi connectivity index (χ4n) is 2.48. The van der Waals surface area contributed by atoms with E-state index in [0.29, 0.717) is 28.2 Å². The smallest absolute Gasteiger partial charge is 0.264 e. The average molecular weight is 392 g/mol. The second-order valence-corrected chi connectivity index (χ2v) is 7.94. The van der Waals surface area contributed by atoms with Gasteiger partial charge in [-0.25, -0.2) is 18.1 Å². The molecule has 0 saturated heterocycles. The van der Waals surface area contributed by atoms with Gasteiger partial charge in [-0.05, 0) is 35.9 Å². The molecule has 3 rings (SSSR count). The predicted octanol–water partition coefficient (Wildman–Crippen LogP) is 1.86. The molecule has 0 atom stereocenters. The summed E-state index contributed by atoms with van der Waals surface area (Å²) in [6, 6.07) is 11.3. The van der Waals surface area contributed by atoms with Gasteiger partial charge in [0.1, 0.15) is 5.82 Å². The van der Waals surface area contributed by atoms with Crippen molar-refractivity contribution in [1.29, 1.82) is 0 Å². The van der Waals surface area contributed by atoms with E-state index < -0.39 is 15.9 Å². The first kappa shape index (κ1) is 18.1. The molecule has 3 aromatic rings. The van der Waals surface area contributed by atoms with Crippen molar-refractivity contribution in [3.05, 3.63) is 74.8 Å². The summed E-state index contributed by atoms with van der Waals surface area (Å²) < 4.78 is 24.3. The van der Waals surface area contributed by atoms with Crippen molar-refractivity contribution in [1.82, 2.24) is 14.7 Å². The molecule has 2 N–H and O–H groups in total. The van der Waals surface area contributed by atoms with Crippen molar-refractivity contribution in [2.24, 2.45) is 0 Å². The number of H-pyrrole nitrogens is 1. The first-order valence-electron chi connectivity index (χ1n) is 7.51. The average Bonchev–Trinajstić information content (AvgIpc) is 2.52. The zero-order chi connectivity index (χ0) is 18.9. The molecule has 7 nitrogen and oxygen atoms in total. The third-order valence-electron chi connectivity index (χ3n) is 3.56.